The summed E-state index contributed by atoms with van der Waals surface area (Å²) in [5.74, 6) is 0. The van der Waals surface area contributed by atoms with E-state index in [4.69, 9.17) is 0 Å². The summed E-state index contributed by atoms with van der Waals surface area (Å²) >= 11 is 5.24. The van der Waals surface area contributed by atoms with Gasteiger partial charge >= 0.3 is 0 Å². The van der Waals surface area contributed by atoms with Gasteiger partial charge < -0.3 is 0 Å². The molecule has 0 amide bonds. The zero-order valence-corrected chi connectivity index (χ0v) is 10.8. The molecule has 1 saturated carbocycles. The predicted octanol–water partition coefficient (Wildman–Crippen LogP) is 4.38. The molecule has 0 spiro atoms. The number of benzene rings is 1. The smallest absolute Gasteiger partial charge is 0.107 e. The Morgan fingerprint density at radius 1 is 1.27 bits per heavy atom. The van der Waals surface area contributed by atoms with Gasteiger partial charge in [-0.2, -0.15) is 5.26 Å². The molecule has 2 rings (SSSR count). The standard InChI is InChI=1S/C12H12BrNS/c13-10-5-1-2-6-11(10)15-12(9-14)7-3-4-8-12/h1-2,5-6H,3-4,7-8H2. The van der Waals surface area contributed by atoms with Gasteiger partial charge in [-0.3, -0.25) is 0 Å². The summed E-state index contributed by atoms with van der Waals surface area (Å²) in [7, 11) is 0. The predicted molar refractivity (Wildman–Crippen MR) is 66.8 cm³/mol. The summed E-state index contributed by atoms with van der Waals surface area (Å²) < 4.78 is 0.917. The Bertz CT molecular complexity index is 391. The van der Waals surface area contributed by atoms with Crippen LogP contribution in [-0.2, 0) is 0 Å². The summed E-state index contributed by atoms with van der Waals surface area (Å²) in [6.45, 7) is 0. The maximum absolute atomic E-state index is 9.28. The van der Waals surface area contributed by atoms with E-state index in [-0.39, 0.29) is 4.75 Å². The number of hydrogen-bond donors (Lipinski definition) is 0. The average Bonchev–Trinajstić information content (AvgIpc) is 2.71. The number of rotatable bonds is 2. The molecule has 0 radical (unpaired) electrons. The number of nitriles is 1. The second-order valence-electron chi connectivity index (χ2n) is 3.85. The molecule has 0 aliphatic heterocycles. The first kappa shape index (κ1) is 11.0. The van der Waals surface area contributed by atoms with Crippen molar-refractivity contribution < 1.29 is 0 Å². The van der Waals surface area contributed by atoms with Crippen LogP contribution < -0.4 is 0 Å². The van der Waals surface area contributed by atoms with E-state index in [1.54, 1.807) is 11.8 Å². The molecule has 0 bridgehead atoms. The van der Waals surface area contributed by atoms with Crippen LogP contribution in [0.1, 0.15) is 25.7 Å². The molecule has 1 aromatic rings. The monoisotopic (exact) mass is 281 g/mol. The molecule has 0 N–H and O–H groups in total. The summed E-state index contributed by atoms with van der Waals surface area (Å²) in [5, 5.41) is 9.28. The lowest BCUT2D eigenvalue weighted by Gasteiger charge is -2.19. The number of halogens is 1. The van der Waals surface area contributed by atoms with Gasteiger partial charge in [0.1, 0.15) is 4.75 Å². The fourth-order valence-corrected chi connectivity index (χ4v) is 3.72. The Labute approximate surface area is 103 Å². The summed E-state index contributed by atoms with van der Waals surface area (Å²) in [6.07, 6.45) is 4.42. The molecule has 1 fully saturated rings. The second-order valence-corrected chi connectivity index (χ2v) is 6.13. The summed E-state index contributed by atoms with van der Waals surface area (Å²) in [4.78, 5) is 1.18. The van der Waals surface area contributed by atoms with E-state index in [1.165, 1.54) is 17.7 Å². The molecule has 0 heterocycles. The maximum atomic E-state index is 9.28. The van der Waals surface area contributed by atoms with Crippen LogP contribution in [0.15, 0.2) is 33.6 Å². The SMILES string of the molecule is N#CC1(Sc2ccccc2Br)CCCC1. The van der Waals surface area contributed by atoms with Crippen LogP contribution in [0.4, 0.5) is 0 Å². The van der Waals surface area contributed by atoms with Gasteiger partial charge in [0.05, 0.1) is 6.07 Å². The van der Waals surface area contributed by atoms with Crippen molar-refractivity contribution in [3.8, 4) is 6.07 Å². The van der Waals surface area contributed by atoms with Crippen LogP contribution in [0.25, 0.3) is 0 Å². The third kappa shape index (κ3) is 2.38. The lowest BCUT2D eigenvalue weighted by atomic mass is 10.1. The van der Waals surface area contributed by atoms with E-state index in [1.807, 2.05) is 18.2 Å². The van der Waals surface area contributed by atoms with E-state index < -0.39 is 0 Å². The molecule has 78 valence electrons. The summed E-state index contributed by atoms with van der Waals surface area (Å²) in [5.41, 5.74) is 0. The summed E-state index contributed by atoms with van der Waals surface area (Å²) in [6, 6.07) is 10.6. The molecule has 1 aliphatic rings. The van der Waals surface area contributed by atoms with Gasteiger partial charge in [0.2, 0.25) is 0 Å². The third-order valence-electron chi connectivity index (χ3n) is 2.76. The van der Waals surface area contributed by atoms with Gasteiger partial charge in [-0.05, 0) is 40.9 Å². The minimum absolute atomic E-state index is 0.177. The van der Waals surface area contributed by atoms with Crippen molar-refractivity contribution in [1.29, 1.82) is 5.26 Å². The van der Waals surface area contributed by atoms with Crippen LogP contribution in [-0.4, -0.2) is 4.75 Å². The van der Waals surface area contributed by atoms with E-state index in [0.29, 0.717) is 0 Å². The van der Waals surface area contributed by atoms with Crippen LogP contribution >= 0.6 is 27.7 Å². The molecule has 0 atom stereocenters. The minimum Gasteiger partial charge on any atom is -0.197 e. The van der Waals surface area contributed by atoms with Gasteiger partial charge in [0.15, 0.2) is 0 Å². The van der Waals surface area contributed by atoms with Gasteiger partial charge in [0.25, 0.3) is 0 Å². The Balaban J connectivity index is 2.21. The van der Waals surface area contributed by atoms with Crippen LogP contribution in [0, 0.1) is 11.3 Å². The molecule has 3 heteroatoms. The Hall–Kier alpha value is -0.460. The van der Waals surface area contributed by atoms with Crippen molar-refractivity contribution in [1.82, 2.24) is 0 Å². The molecule has 15 heavy (non-hydrogen) atoms. The zero-order chi connectivity index (χ0) is 10.7. The topological polar surface area (TPSA) is 23.8 Å². The Morgan fingerprint density at radius 3 is 2.53 bits per heavy atom. The highest BCUT2D eigenvalue weighted by atomic mass is 79.9. The first-order chi connectivity index (χ1) is 7.26. The lowest BCUT2D eigenvalue weighted by Crippen LogP contribution is -2.16. The van der Waals surface area contributed by atoms with Crippen molar-refractivity contribution in [2.24, 2.45) is 0 Å². The fraction of sp³-hybridized carbons (Fsp3) is 0.417. The van der Waals surface area contributed by atoms with Gasteiger partial charge in [-0.15, -0.1) is 11.8 Å². The second kappa shape index (κ2) is 4.59. The van der Waals surface area contributed by atoms with Crippen LogP contribution in [0.5, 0.6) is 0 Å². The largest absolute Gasteiger partial charge is 0.197 e. The number of thioether (sulfide) groups is 1. The first-order valence-corrected chi connectivity index (χ1v) is 6.71. The van der Waals surface area contributed by atoms with E-state index in [0.717, 1.165) is 17.3 Å². The van der Waals surface area contributed by atoms with Crippen LogP contribution in [0.3, 0.4) is 0 Å². The van der Waals surface area contributed by atoms with Crippen molar-refractivity contribution in [2.75, 3.05) is 0 Å². The van der Waals surface area contributed by atoms with Crippen LogP contribution in [0.2, 0.25) is 0 Å². The number of hydrogen-bond acceptors (Lipinski definition) is 2. The molecule has 0 saturated heterocycles. The molecule has 0 aromatic heterocycles. The Morgan fingerprint density at radius 2 is 1.93 bits per heavy atom. The van der Waals surface area contributed by atoms with E-state index >= 15 is 0 Å². The maximum Gasteiger partial charge on any atom is 0.107 e. The number of nitrogens with zero attached hydrogens (tertiary/aromatic N) is 1. The van der Waals surface area contributed by atoms with Gasteiger partial charge in [-0.25, -0.2) is 0 Å². The van der Waals surface area contributed by atoms with E-state index in [9.17, 15) is 5.26 Å². The fourth-order valence-electron chi connectivity index (χ4n) is 1.92. The highest BCUT2D eigenvalue weighted by Gasteiger charge is 2.35. The highest BCUT2D eigenvalue weighted by Crippen LogP contribution is 2.46. The lowest BCUT2D eigenvalue weighted by molar-refractivity contribution is 0.759. The molecular formula is C12H12BrNS. The normalized spacial score (nSPS) is 18.7. The molecular weight excluding hydrogens is 270 g/mol. The van der Waals surface area contributed by atoms with Gasteiger partial charge in [0, 0.05) is 9.37 Å². The van der Waals surface area contributed by atoms with Crippen molar-refractivity contribution in [2.45, 2.75) is 35.3 Å². The molecule has 1 aliphatic carbocycles. The molecule has 1 aromatic carbocycles. The third-order valence-corrected chi connectivity index (χ3v) is 5.18. The minimum atomic E-state index is -0.177. The van der Waals surface area contributed by atoms with E-state index in [2.05, 4.69) is 28.1 Å². The molecule has 0 unspecified atom stereocenters. The van der Waals surface area contributed by atoms with Crippen molar-refractivity contribution in [3.05, 3.63) is 28.7 Å². The molecule has 1 nitrogen and oxygen atoms in total. The zero-order valence-electron chi connectivity index (χ0n) is 8.37. The highest BCUT2D eigenvalue weighted by molar-refractivity contribution is 9.10. The Kier molecular flexibility index (Phi) is 3.38. The average molecular weight is 282 g/mol. The van der Waals surface area contributed by atoms with Crippen molar-refractivity contribution in [3.63, 3.8) is 0 Å². The first-order valence-electron chi connectivity index (χ1n) is 5.11. The van der Waals surface area contributed by atoms with Gasteiger partial charge in [-0.1, -0.05) is 25.0 Å². The quantitative estimate of drug-likeness (QED) is 0.803. The van der Waals surface area contributed by atoms with Crippen molar-refractivity contribution >= 4 is 27.7 Å².